The van der Waals surface area contributed by atoms with Crippen LogP contribution < -0.4 is 10.1 Å². The normalized spacial score (nSPS) is 11.0. The van der Waals surface area contributed by atoms with Gasteiger partial charge in [-0.15, -0.1) is 0 Å². The number of hydrogen-bond acceptors (Lipinski definition) is 2. The third-order valence-electron chi connectivity index (χ3n) is 3.82. The smallest absolute Gasteiger partial charge is 0.123 e. The summed E-state index contributed by atoms with van der Waals surface area (Å²) < 4.78 is 5.47. The van der Waals surface area contributed by atoms with Crippen molar-refractivity contribution in [2.75, 3.05) is 7.11 Å². The Kier molecular flexibility index (Phi) is 5.03. The predicted octanol–water partition coefficient (Wildman–Crippen LogP) is 4.48. The minimum atomic E-state index is 0.458. The van der Waals surface area contributed by atoms with E-state index < -0.39 is 0 Å². The van der Waals surface area contributed by atoms with Gasteiger partial charge in [-0.05, 0) is 48.2 Å². The lowest BCUT2D eigenvalue weighted by Crippen LogP contribution is -2.22. The van der Waals surface area contributed by atoms with Gasteiger partial charge in [-0.1, -0.05) is 38.1 Å². The second-order valence-corrected chi connectivity index (χ2v) is 5.86. The maximum atomic E-state index is 5.47. The zero-order chi connectivity index (χ0) is 15.4. The number of rotatable bonds is 5. The van der Waals surface area contributed by atoms with E-state index in [1.165, 1.54) is 27.8 Å². The van der Waals surface area contributed by atoms with Gasteiger partial charge in [0.05, 0.1) is 7.11 Å². The lowest BCUT2D eigenvalue weighted by molar-refractivity contribution is 0.406. The summed E-state index contributed by atoms with van der Waals surface area (Å²) in [6.45, 7) is 9.42. The fraction of sp³-hybridized carbons (Fsp3) is 0.368. The van der Waals surface area contributed by atoms with Crippen molar-refractivity contribution in [2.45, 2.75) is 40.3 Å². The zero-order valence-electron chi connectivity index (χ0n) is 13.7. The van der Waals surface area contributed by atoms with E-state index >= 15 is 0 Å². The highest BCUT2D eigenvalue weighted by Crippen LogP contribution is 2.28. The summed E-state index contributed by atoms with van der Waals surface area (Å²) in [6.07, 6.45) is 0. The molecule has 1 N–H and O–H groups in total. The molecule has 0 bridgehead atoms. The molecule has 0 saturated carbocycles. The van der Waals surface area contributed by atoms with Crippen LogP contribution in [0.25, 0.3) is 11.1 Å². The van der Waals surface area contributed by atoms with Crippen molar-refractivity contribution in [3.05, 3.63) is 53.1 Å². The minimum absolute atomic E-state index is 0.458. The molecular formula is C19H25NO. The van der Waals surface area contributed by atoms with Gasteiger partial charge in [0.2, 0.25) is 0 Å². The van der Waals surface area contributed by atoms with Crippen molar-refractivity contribution in [1.82, 2.24) is 5.32 Å². The van der Waals surface area contributed by atoms with E-state index in [1.807, 2.05) is 0 Å². The highest BCUT2D eigenvalue weighted by atomic mass is 16.5. The summed E-state index contributed by atoms with van der Waals surface area (Å²) in [5.41, 5.74) is 6.34. The standard InChI is InChI=1S/C19H25NO/c1-13(2)20-12-18-11-17(8-9-19(18)21-5)16-7-6-14(3)15(4)10-16/h6-11,13,20H,12H2,1-5H3. The predicted molar refractivity (Wildman–Crippen MR) is 89.9 cm³/mol. The van der Waals surface area contributed by atoms with E-state index in [0.29, 0.717) is 6.04 Å². The lowest BCUT2D eigenvalue weighted by Gasteiger charge is -2.14. The van der Waals surface area contributed by atoms with Gasteiger partial charge >= 0.3 is 0 Å². The number of aryl methyl sites for hydroxylation is 2. The van der Waals surface area contributed by atoms with Gasteiger partial charge in [0.25, 0.3) is 0 Å². The molecule has 0 aliphatic carbocycles. The Balaban J connectivity index is 2.35. The Hall–Kier alpha value is -1.80. The molecular weight excluding hydrogens is 258 g/mol. The lowest BCUT2D eigenvalue weighted by atomic mass is 9.98. The van der Waals surface area contributed by atoms with E-state index in [1.54, 1.807) is 7.11 Å². The van der Waals surface area contributed by atoms with Crippen LogP contribution in [-0.2, 0) is 6.54 Å². The second-order valence-electron chi connectivity index (χ2n) is 5.86. The van der Waals surface area contributed by atoms with Crippen molar-refractivity contribution >= 4 is 0 Å². The highest BCUT2D eigenvalue weighted by molar-refractivity contribution is 5.67. The SMILES string of the molecule is COc1ccc(-c2ccc(C)c(C)c2)cc1CNC(C)C. The van der Waals surface area contributed by atoms with Crippen molar-refractivity contribution < 1.29 is 4.74 Å². The van der Waals surface area contributed by atoms with Crippen LogP contribution in [0.2, 0.25) is 0 Å². The molecule has 2 nitrogen and oxygen atoms in total. The summed E-state index contributed by atoms with van der Waals surface area (Å²) in [4.78, 5) is 0. The van der Waals surface area contributed by atoms with E-state index in [9.17, 15) is 0 Å². The van der Waals surface area contributed by atoms with Crippen LogP contribution in [0.1, 0.15) is 30.5 Å². The Morgan fingerprint density at radius 3 is 2.24 bits per heavy atom. The summed E-state index contributed by atoms with van der Waals surface area (Å²) >= 11 is 0. The Morgan fingerprint density at radius 2 is 1.62 bits per heavy atom. The van der Waals surface area contributed by atoms with E-state index in [-0.39, 0.29) is 0 Å². The van der Waals surface area contributed by atoms with Gasteiger partial charge in [0.1, 0.15) is 5.75 Å². The molecule has 0 amide bonds. The monoisotopic (exact) mass is 283 g/mol. The van der Waals surface area contributed by atoms with Gasteiger partial charge in [-0.3, -0.25) is 0 Å². The Bertz CT molecular complexity index is 617. The highest BCUT2D eigenvalue weighted by Gasteiger charge is 2.07. The molecule has 0 radical (unpaired) electrons. The molecule has 0 aliphatic heterocycles. The Morgan fingerprint density at radius 1 is 0.952 bits per heavy atom. The first kappa shape index (κ1) is 15.6. The topological polar surface area (TPSA) is 21.3 Å². The molecule has 2 aromatic carbocycles. The van der Waals surface area contributed by atoms with Gasteiger partial charge < -0.3 is 10.1 Å². The number of ether oxygens (including phenoxy) is 1. The van der Waals surface area contributed by atoms with Crippen molar-refractivity contribution in [3.63, 3.8) is 0 Å². The van der Waals surface area contributed by atoms with Crippen LogP contribution in [0.5, 0.6) is 5.75 Å². The van der Waals surface area contributed by atoms with E-state index in [0.717, 1.165) is 12.3 Å². The maximum Gasteiger partial charge on any atom is 0.123 e. The van der Waals surface area contributed by atoms with E-state index in [2.05, 4.69) is 69.4 Å². The van der Waals surface area contributed by atoms with Crippen LogP contribution in [0.3, 0.4) is 0 Å². The fourth-order valence-electron chi connectivity index (χ4n) is 2.33. The van der Waals surface area contributed by atoms with Crippen LogP contribution in [0.15, 0.2) is 36.4 Å². The third kappa shape index (κ3) is 3.85. The van der Waals surface area contributed by atoms with E-state index in [4.69, 9.17) is 4.74 Å². The van der Waals surface area contributed by atoms with Gasteiger partial charge in [-0.2, -0.15) is 0 Å². The largest absolute Gasteiger partial charge is 0.496 e. The number of nitrogens with one attached hydrogen (secondary N) is 1. The molecule has 2 aromatic rings. The molecule has 2 heteroatoms. The average Bonchev–Trinajstić information content (AvgIpc) is 2.47. The fourth-order valence-corrected chi connectivity index (χ4v) is 2.33. The summed E-state index contributed by atoms with van der Waals surface area (Å²) in [6, 6.07) is 13.5. The molecule has 0 aliphatic rings. The molecule has 0 spiro atoms. The first-order chi connectivity index (χ1) is 10.0. The molecule has 0 fully saturated rings. The molecule has 21 heavy (non-hydrogen) atoms. The number of hydrogen-bond donors (Lipinski definition) is 1. The van der Waals surface area contributed by atoms with Gasteiger partial charge in [-0.25, -0.2) is 0 Å². The molecule has 0 unspecified atom stereocenters. The summed E-state index contributed by atoms with van der Waals surface area (Å²) in [5, 5.41) is 3.46. The first-order valence-corrected chi connectivity index (χ1v) is 7.49. The zero-order valence-corrected chi connectivity index (χ0v) is 13.7. The Labute approximate surface area is 128 Å². The quantitative estimate of drug-likeness (QED) is 0.873. The molecule has 0 aromatic heterocycles. The molecule has 0 saturated heterocycles. The van der Waals surface area contributed by atoms with Crippen LogP contribution in [0.4, 0.5) is 0 Å². The molecule has 2 rings (SSSR count). The van der Waals surface area contributed by atoms with Crippen molar-refractivity contribution in [3.8, 4) is 16.9 Å². The van der Waals surface area contributed by atoms with Gasteiger partial charge in [0.15, 0.2) is 0 Å². The average molecular weight is 283 g/mol. The van der Waals surface area contributed by atoms with Crippen LogP contribution in [0, 0.1) is 13.8 Å². The minimum Gasteiger partial charge on any atom is -0.496 e. The third-order valence-corrected chi connectivity index (χ3v) is 3.82. The summed E-state index contributed by atoms with van der Waals surface area (Å²) in [7, 11) is 1.73. The van der Waals surface area contributed by atoms with Crippen molar-refractivity contribution in [1.29, 1.82) is 0 Å². The molecule has 0 heterocycles. The molecule has 0 atom stereocenters. The number of methoxy groups -OCH3 is 1. The van der Waals surface area contributed by atoms with Gasteiger partial charge in [0, 0.05) is 18.2 Å². The van der Waals surface area contributed by atoms with Crippen LogP contribution in [-0.4, -0.2) is 13.2 Å². The molecule has 112 valence electrons. The van der Waals surface area contributed by atoms with Crippen LogP contribution >= 0.6 is 0 Å². The van der Waals surface area contributed by atoms with Crippen molar-refractivity contribution in [2.24, 2.45) is 0 Å². The summed E-state index contributed by atoms with van der Waals surface area (Å²) in [5.74, 6) is 0.940. The first-order valence-electron chi connectivity index (χ1n) is 7.49. The number of benzene rings is 2. The second kappa shape index (κ2) is 6.77. The maximum absolute atomic E-state index is 5.47.